The molecule has 2 nitrogen and oxygen atoms in total. The molecule has 0 fully saturated rings. The first-order valence-electron chi connectivity index (χ1n) is 8.30. The number of allylic oxidation sites excluding steroid dienone is 1. The van der Waals surface area contributed by atoms with E-state index in [4.69, 9.17) is 4.74 Å². The molecular formula is C23H18FNO. The Labute approximate surface area is 152 Å². The number of benzene rings is 3. The van der Waals surface area contributed by atoms with Crippen LogP contribution < -0.4 is 4.74 Å². The third-order valence-corrected chi connectivity index (χ3v) is 3.97. The highest BCUT2D eigenvalue weighted by Crippen LogP contribution is 2.21. The van der Waals surface area contributed by atoms with Crippen molar-refractivity contribution in [3.05, 3.63) is 101 Å². The van der Waals surface area contributed by atoms with Crippen LogP contribution in [0, 0.1) is 24.1 Å². The number of ether oxygens (including phenoxy) is 1. The van der Waals surface area contributed by atoms with Crippen LogP contribution in [0.25, 0.3) is 11.6 Å². The highest BCUT2D eigenvalue weighted by Gasteiger charge is 2.03. The fraction of sp³-hybridized carbons (Fsp3) is 0.0870. The molecule has 26 heavy (non-hydrogen) atoms. The summed E-state index contributed by atoms with van der Waals surface area (Å²) >= 11 is 0. The van der Waals surface area contributed by atoms with E-state index in [0.29, 0.717) is 17.9 Å². The lowest BCUT2D eigenvalue weighted by Gasteiger charge is -2.07. The predicted octanol–water partition coefficient (Wildman–Crippen LogP) is 5.78. The van der Waals surface area contributed by atoms with Gasteiger partial charge < -0.3 is 4.74 Å². The van der Waals surface area contributed by atoms with Crippen molar-refractivity contribution in [1.29, 1.82) is 5.26 Å². The second-order valence-corrected chi connectivity index (χ2v) is 6.02. The Morgan fingerprint density at radius 1 is 1.04 bits per heavy atom. The Hall–Kier alpha value is -3.38. The molecule has 0 heterocycles. The van der Waals surface area contributed by atoms with Crippen molar-refractivity contribution < 1.29 is 9.13 Å². The van der Waals surface area contributed by atoms with Crippen molar-refractivity contribution in [1.82, 2.24) is 0 Å². The SMILES string of the molecule is Cc1ccc(/C(C#N)=C/c2cccc(OCc3ccc(F)cc3)c2)cc1. The third-order valence-electron chi connectivity index (χ3n) is 3.97. The minimum absolute atomic E-state index is 0.263. The fourth-order valence-corrected chi connectivity index (χ4v) is 2.52. The van der Waals surface area contributed by atoms with Gasteiger partial charge in [-0.05, 0) is 54.0 Å². The van der Waals surface area contributed by atoms with Crippen molar-refractivity contribution in [2.75, 3.05) is 0 Å². The lowest BCUT2D eigenvalue weighted by molar-refractivity contribution is 0.306. The van der Waals surface area contributed by atoms with Gasteiger partial charge in [0.15, 0.2) is 0 Å². The number of aryl methyl sites for hydroxylation is 1. The van der Waals surface area contributed by atoms with Gasteiger partial charge in [0.1, 0.15) is 18.2 Å². The zero-order valence-electron chi connectivity index (χ0n) is 14.4. The standard InChI is InChI=1S/C23H18FNO/c1-17-5-9-20(10-6-17)21(15-25)13-19-3-2-4-23(14-19)26-16-18-7-11-22(24)12-8-18/h2-14H,16H2,1H3/b21-13+. The topological polar surface area (TPSA) is 33.0 Å². The third kappa shape index (κ3) is 4.58. The highest BCUT2D eigenvalue weighted by molar-refractivity contribution is 5.89. The minimum atomic E-state index is -0.263. The van der Waals surface area contributed by atoms with Gasteiger partial charge in [-0.3, -0.25) is 0 Å². The van der Waals surface area contributed by atoms with Gasteiger partial charge in [-0.1, -0.05) is 54.1 Å². The molecule has 0 bridgehead atoms. The molecule has 0 aliphatic rings. The van der Waals surface area contributed by atoms with Crippen molar-refractivity contribution in [2.45, 2.75) is 13.5 Å². The van der Waals surface area contributed by atoms with Gasteiger partial charge in [0.25, 0.3) is 0 Å². The summed E-state index contributed by atoms with van der Waals surface area (Å²) in [5, 5.41) is 9.47. The van der Waals surface area contributed by atoms with Gasteiger partial charge in [-0.25, -0.2) is 4.39 Å². The van der Waals surface area contributed by atoms with E-state index in [1.54, 1.807) is 12.1 Å². The van der Waals surface area contributed by atoms with Gasteiger partial charge in [-0.2, -0.15) is 5.26 Å². The van der Waals surface area contributed by atoms with Crippen molar-refractivity contribution in [3.63, 3.8) is 0 Å². The van der Waals surface area contributed by atoms with Crippen LogP contribution in [-0.4, -0.2) is 0 Å². The number of halogens is 1. The van der Waals surface area contributed by atoms with Crippen LogP contribution in [0.15, 0.2) is 72.8 Å². The zero-order chi connectivity index (χ0) is 18.4. The highest BCUT2D eigenvalue weighted by atomic mass is 19.1. The molecule has 0 aliphatic heterocycles. The molecule has 3 aromatic carbocycles. The normalized spacial score (nSPS) is 11.0. The molecule has 0 spiro atoms. The molecule has 0 radical (unpaired) electrons. The van der Waals surface area contributed by atoms with Gasteiger partial charge in [0.05, 0.1) is 11.6 Å². The van der Waals surface area contributed by atoms with E-state index in [1.165, 1.54) is 12.1 Å². The van der Waals surface area contributed by atoms with E-state index in [1.807, 2.05) is 61.5 Å². The molecule has 3 aromatic rings. The van der Waals surface area contributed by atoms with Gasteiger partial charge in [0, 0.05) is 0 Å². The summed E-state index contributed by atoms with van der Waals surface area (Å²) in [4.78, 5) is 0. The van der Waals surface area contributed by atoms with E-state index in [0.717, 1.165) is 22.3 Å². The Balaban J connectivity index is 1.76. The van der Waals surface area contributed by atoms with Crippen LogP contribution in [0.4, 0.5) is 4.39 Å². The lowest BCUT2D eigenvalue weighted by Crippen LogP contribution is -1.95. The summed E-state index contributed by atoms with van der Waals surface area (Å²) in [7, 11) is 0. The molecule has 0 saturated carbocycles. The average molecular weight is 343 g/mol. The molecule has 3 rings (SSSR count). The number of nitrogens with zero attached hydrogens (tertiary/aromatic N) is 1. The maximum Gasteiger partial charge on any atom is 0.123 e. The van der Waals surface area contributed by atoms with E-state index < -0.39 is 0 Å². The number of hydrogen-bond donors (Lipinski definition) is 0. The van der Waals surface area contributed by atoms with Crippen LogP contribution in [0.3, 0.4) is 0 Å². The summed E-state index contributed by atoms with van der Waals surface area (Å²) in [6.45, 7) is 2.37. The Kier molecular flexibility index (Phi) is 5.46. The van der Waals surface area contributed by atoms with E-state index in [-0.39, 0.29) is 5.82 Å². The molecule has 0 N–H and O–H groups in total. The molecular weight excluding hydrogens is 325 g/mol. The van der Waals surface area contributed by atoms with E-state index in [2.05, 4.69) is 6.07 Å². The first-order chi connectivity index (χ1) is 12.6. The fourth-order valence-electron chi connectivity index (χ4n) is 2.52. The van der Waals surface area contributed by atoms with Crippen LogP contribution >= 0.6 is 0 Å². The van der Waals surface area contributed by atoms with Crippen LogP contribution in [0.5, 0.6) is 5.75 Å². The van der Waals surface area contributed by atoms with Gasteiger partial charge >= 0.3 is 0 Å². The number of rotatable bonds is 5. The molecule has 0 aromatic heterocycles. The average Bonchev–Trinajstić information content (AvgIpc) is 2.67. The summed E-state index contributed by atoms with van der Waals surface area (Å²) in [5.74, 6) is 0.435. The van der Waals surface area contributed by atoms with E-state index >= 15 is 0 Å². The predicted molar refractivity (Wildman–Crippen MR) is 102 cm³/mol. The molecule has 0 amide bonds. The number of hydrogen-bond acceptors (Lipinski definition) is 2. The maximum atomic E-state index is 12.9. The molecule has 0 aliphatic carbocycles. The smallest absolute Gasteiger partial charge is 0.123 e. The number of nitriles is 1. The summed E-state index contributed by atoms with van der Waals surface area (Å²) in [6, 6.07) is 23.9. The van der Waals surface area contributed by atoms with Crippen LogP contribution in [0.2, 0.25) is 0 Å². The lowest BCUT2D eigenvalue weighted by atomic mass is 10.0. The van der Waals surface area contributed by atoms with Crippen molar-refractivity contribution in [3.8, 4) is 11.8 Å². The van der Waals surface area contributed by atoms with Crippen molar-refractivity contribution >= 4 is 11.6 Å². The van der Waals surface area contributed by atoms with Gasteiger partial charge in [0.2, 0.25) is 0 Å². The monoisotopic (exact) mass is 343 g/mol. The maximum absolute atomic E-state index is 12.9. The van der Waals surface area contributed by atoms with E-state index in [9.17, 15) is 9.65 Å². The van der Waals surface area contributed by atoms with Crippen LogP contribution in [0.1, 0.15) is 22.3 Å². The second-order valence-electron chi connectivity index (χ2n) is 6.02. The summed E-state index contributed by atoms with van der Waals surface area (Å²) in [6.07, 6.45) is 1.84. The largest absolute Gasteiger partial charge is 0.489 e. The summed E-state index contributed by atoms with van der Waals surface area (Å²) in [5.41, 5.74) is 4.42. The quantitative estimate of drug-likeness (QED) is 0.435. The van der Waals surface area contributed by atoms with Crippen LogP contribution in [-0.2, 0) is 6.61 Å². The Bertz CT molecular complexity index is 951. The Morgan fingerprint density at radius 3 is 2.46 bits per heavy atom. The minimum Gasteiger partial charge on any atom is -0.489 e. The van der Waals surface area contributed by atoms with Crippen molar-refractivity contribution in [2.24, 2.45) is 0 Å². The molecule has 128 valence electrons. The summed E-state index contributed by atoms with van der Waals surface area (Å²) < 4.78 is 18.7. The molecule has 0 saturated heterocycles. The first-order valence-corrected chi connectivity index (χ1v) is 8.30. The zero-order valence-corrected chi connectivity index (χ0v) is 14.4. The molecule has 0 atom stereocenters. The Morgan fingerprint density at radius 2 is 1.77 bits per heavy atom. The second kappa shape index (κ2) is 8.13. The molecule has 0 unspecified atom stereocenters. The van der Waals surface area contributed by atoms with Gasteiger partial charge in [-0.15, -0.1) is 0 Å². The first kappa shape index (κ1) is 17.4. The molecule has 3 heteroatoms.